The second kappa shape index (κ2) is 9.16. The fourth-order valence-corrected chi connectivity index (χ4v) is 4.26. The molecule has 0 aliphatic rings. The number of ketones is 1. The minimum absolute atomic E-state index is 0.412. The van der Waals surface area contributed by atoms with Crippen molar-refractivity contribution in [2.75, 3.05) is 0 Å². The van der Waals surface area contributed by atoms with E-state index in [0.717, 1.165) is 25.7 Å². The van der Waals surface area contributed by atoms with Crippen LogP contribution in [0.1, 0.15) is 70.2 Å². The second-order valence-corrected chi connectivity index (χ2v) is 8.00. The van der Waals surface area contributed by atoms with Gasteiger partial charge < -0.3 is 0 Å². The molecule has 140 valence electrons. The van der Waals surface area contributed by atoms with E-state index in [1.165, 1.54) is 44.5 Å². The van der Waals surface area contributed by atoms with Gasteiger partial charge in [0.15, 0.2) is 0 Å². The van der Waals surface area contributed by atoms with E-state index in [1.54, 1.807) is 0 Å². The molecule has 0 aromatic heterocycles. The fraction of sp³-hybridized carbons (Fsp3) is 0.480. The summed E-state index contributed by atoms with van der Waals surface area (Å²) in [5.74, 6) is 0.412. The molecule has 0 saturated carbocycles. The van der Waals surface area contributed by atoms with Gasteiger partial charge in [0.25, 0.3) is 0 Å². The summed E-state index contributed by atoms with van der Waals surface area (Å²) in [5, 5.41) is 0. The van der Waals surface area contributed by atoms with E-state index in [-0.39, 0.29) is 0 Å². The maximum absolute atomic E-state index is 12.3. The largest absolute Gasteiger partial charge is 0.300 e. The molecule has 0 unspecified atom stereocenters. The van der Waals surface area contributed by atoms with E-state index in [4.69, 9.17) is 0 Å². The Balaban J connectivity index is 1.78. The van der Waals surface area contributed by atoms with Gasteiger partial charge in [0.2, 0.25) is 0 Å². The van der Waals surface area contributed by atoms with Gasteiger partial charge in [-0.25, -0.2) is 0 Å². The Morgan fingerprint density at radius 1 is 0.615 bits per heavy atom. The van der Waals surface area contributed by atoms with Gasteiger partial charge in [-0.05, 0) is 101 Å². The Kier molecular flexibility index (Phi) is 7.20. The van der Waals surface area contributed by atoms with E-state index in [0.29, 0.717) is 18.6 Å². The zero-order chi connectivity index (χ0) is 19.3. The summed E-state index contributed by atoms with van der Waals surface area (Å²) >= 11 is 0. The predicted octanol–water partition coefficient (Wildman–Crippen LogP) is 6.45. The van der Waals surface area contributed by atoms with E-state index in [1.807, 2.05) is 0 Å². The third kappa shape index (κ3) is 5.56. The molecule has 0 atom stereocenters. The van der Waals surface area contributed by atoms with Crippen molar-refractivity contribution in [1.29, 1.82) is 0 Å². The van der Waals surface area contributed by atoms with Crippen LogP contribution in [0, 0.1) is 41.5 Å². The van der Waals surface area contributed by atoms with Crippen molar-refractivity contribution in [3.8, 4) is 0 Å². The first-order chi connectivity index (χ1) is 12.3. The number of carbonyl (C=O) groups excluding carboxylic acids is 1. The number of hydrogen-bond donors (Lipinski definition) is 0. The molecule has 1 nitrogen and oxygen atoms in total. The molecule has 26 heavy (non-hydrogen) atoms. The van der Waals surface area contributed by atoms with Crippen LogP contribution >= 0.6 is 0 Å². The number of carbonyl (C=O) groups is 1. The average molecular weight is 351 g/mol. The van der Waals surface area contributed by atoms with Crippen molar-refractivity contribution in [3.05, 3.63) is 68.8 Å². The van der Waals surface area contributed by atoms with Crippen molar-refractivity contribution in [1.82, 2.24) is 0 Å². The number of hydrogen-bond acceptors (Lipinski definition) is 1. The summed E-state index contributed by atoms with van der Waals surface area (Å²) in [4.78, 5) is 12.3. The highest BCUT2D eigenvalue weighted by Crippen LogP contribution is 2.20. The van der Waals surface area contributed by atoms with Crippen LogP contribution in [0.3, 0.4) is 0 Å². The zero-order valence-corrected chi connectivity index (χ0v) is 17.5. The normalized spacial score (nSPS) is 11.0. The molecule has 2 aromatic rings. The van der Waals surface area contributed by atoms with Crippen molar-refractivity contribution < 1.29 is 4.79 Å². The molecule has 0 aliphatic carbocycles. The molecule has 0 radical (unpaired) electrons. The highest BCUT2D eigenvalue weighted by atomic mass is 16.1. The van der Waals surface area contributed by atoms with Gasteiger partial charge in [0.1, 0.15) is 5.78 Å². The first-order valence-electron chi connectivity index (χ1n) is 9.93. The SMILES string of the molecule is Cc1cc(C)c(CCCC(=O)CCCc2c(C)cc(C)cc2C)c(C)c1. The third-order valence-electron chi connectivity index (χ3n) is 5.45. The van der Waals surface area contributed by atoms with Gasteiger partial charge in [0.05, 0.1) is 0 Å². The molecule has 2 rings (SSSR count). The predicted molar refractivity (Wildman–Crippen MR) is 112 cm³/mol. The lowest BCUT2D eigenvalue weighted by Gasteiger charge is -2.12. The van der Waals surface area contributed by atoms with Crippen LogP contribution < -0.4 is 0 Å². The van der Waals surface area contributed by atoms with Crippen molar-refractivity contribution in [2.45, 2.75) is 80.1 Å². The average Bonchev–Trinajstić information content (AvgIpc) is 2.52. The summed E-state index contributed by atoms with van der Waals surface area (Å²) in [5.41, 5.74) is 10.9. The highest BCUT2D eigenvalue weighted by Gasteiger charge is 2.08. The molecule has 0 fully saturated rings. The van der Waals surface area contributed by atoms with Gasteiger partial charge >= 0.3 is 0 Å². The molecular formula is C25H34O. The summed E-state index contributed by atoms with van der Waals surface area (Å²) in [7, 11) is 0. The van der Waals surface area contributed by atoms with Crippen LogP contribution in [0.2, 0.25) is 0 Å². The molecule has 0 amide bonds. The van der Waals surface area contributed by atoms with Crippen molar-refractivity contribution >= 4 is 5.78 Å². The van der Waals surface area contributed by atoms with Crippen LogP contribution in [-0.4, -0.2) is 5.78 Å². The van der Waals surface area contributed by atoms with Crippen molar-refractivity contribution in [3.63, 3.8) is 0 Å². The van der Waals surface area contributed by atoms with Crippen LogP contribution in [0.5, 0.6) is 0 Å². The number of rotatable bonds is 8. The molecular weight excluding hydrogens is 316 g/mol. The van der Waals surface area contributed by atoms with E-state index in [2.05, 4.69) is 65.8 Å². The molecule has 1 heteroatoms. The minimum atomic E-state index is 0.412. The molecule has 0 bridgehead atoms. The maximum Gasteiger partial charge on any atom is 0.132 e. The van der Waals surface area contributed by atoms with Crippen LogP contribution in [0.4, 0.5) is 0 Å². The summed E-state index contributed by atoms with van der Waals surface area (Å²) in [6.45, 7) is 13.0. The Morgan fingerprint density at radius 2 is 0.923 bits per heavy atom. The van der Waals surface area contributed by atoms with E-state index >= 15 is 0 Å². The van der Waals surface area contributed by atoms with E-state index in [9.17, 15) is 4.79 Å². The standard InChI is InChI=1S/C25H34O/c1-17-13-19(3)24(20(4)14-17)11-7-9-23(26)10-8-12-25-21(5)15-18(2)16-22(25)6/h13-16H,7-12H2,1-6H3. The van der Waals surface area contributed by atoms with Gasteiger partial charge in [-0.1, -0.05) is 35.4 Å². The van der Waals surface area contributed by atoms with Gasteiger partial charge in [-0.15, -0.1) is 0 Å². The fourth-order valence-electron chi connectivity index (χ4n) is 4.26. The minimum Gasteiger partial charge on any atom is -0.300 e. The lowest BCUT2D eigenvalue weighted by atomic mass is 9.93. The molecule has 0 N–H and O–H groups in total. The molecule has 2 aromatic carbocycles. The number of benzene rings is 2. The second-order valence-electron chi connectivity index (χ2n) is 8.00. The summed E-state index contributed by atoms with van der Waals surface area (Å²) in [6, 6.07) is 8.99. The highest BCUT2D eigenvalue weighted by molar-refractivity contribution is 5.78. The summed E-state index contributed by atoms with van der Waals surface area (Å²) in [6.07, 6.45) is 5.37. The topological polar surface area (TPSA) is 17.1 Å². The van der Waals surface area contributed by atoms with Gasteiger partial charge in [-0.3, -0.25) is 4.79 Å². The van der Waals surface area contributed by atoms with E-state index < -0.39 is 0 Å². The van der Waals surface area contributed by atoms with Gasteiger partial charge in [-0.2, -0.15) is 0 Å². The Labute approximate surface area is 159 Å². The number of aryl methyl sites for hydroxylation is 6. The Hall–Kier alpha value is -1.89. The quantitative estimate of drug-likeness (QED) is 0.534. The van der Waals surface area contributed by atoms with Crippen LogP contribution in [0.15, 0.2) is 24.3 Å². The monoisotopic (exact) mass is 350 g/mol. The summed E-state index contributed by atoms with van der Waals surface area (Å²) < 4.78 is 0. The molecule has 0 saturated heterocycles. The molecule has 0 heterocycles. The number of Topliss-reactive ketones (excluding diaryl/α,β-unsaturated/α-hetero) is 1. The molecule has 0 spiro atoms. The van der Waals surface area contributed by atoms with Gasteiger partial charge in [0, 0.05) is 12.8 Å². The third-order valence-corrected chi connectivity index (χ3v) is 5.45. The first kappa shape index (κ1) is 20.4. The Bertz CT molecular complexity index is 671. The maximum atomic E-state index is 12.3. The zero-order valence-electron chi connectivity index (χ0n) is 17.5. The lowest BCUT2D eigenvalue weighted by molar-refractivity contribution is -0.119. The Morgan fingerprint density at radius 3 is 1.23 bits per heavy atom. The van der Waals surface area contributed by atoms with Crippen LogP contribution in [-0.2, 0) is 17.6 Å². The lowest BCUT2D eigenvalue weighted by Crippen LogP contribution is -2.03. The van der Waals surface area contributed by atoms with Crippen LogP contribution in [0.25, 0.3) is 0 Å². The first-order valence-corrected chi connectivity index (χ1v) is 9.93. The molecule has 0 aliphatic heterocycles. The smallest absolute Gasteiger partial charge is 0.132 e. The van der Waals surface area contributed by atoms with Crippen molar-refractivity contribution in [2.24, 2.45) is 0 Å².